The van der Waals surface area contributed by atoms with Gasteiger partial charge in [0.25, 0.3) is 5.66 Å². The summed E-state index contributed by atoms with van der Waals surface area (Å²) in [6.07, 6.45) is 0.105. The molecule has 0 aliphatic carbocycles. The lowest BCUT2D eigenvalue weighted by Gasteiger charge is -2.47. The zero-order chi connectivity index (χ0) is 26.5. The van der Waals surface area contributed by atoms with Crippen molar-refractivity contribution in [3.8, 4) is 0 Å². The Hall–Kier alpha value is -4.50. The van der Waals surface area contributed by atoms with E-state index in [1.165, 1.54) is 0 Å². The van der Waals surface area contributed by atoms with Crippen molar-refractivity contribution in [2.45, 2.75) is 37.4 Å². The van der Waals surface area contributed by atoms with Gasteiger partial charge in [0.2, 0.25) is 11.8 Å². The Morgan fingerprint density at radius 1 is 0.789 bits per heavy atom. The van der Waals surface area contributed by atoms with Crippen LogP contribution in [-0.4, -0.2) is 52.9 Å². The van der Waals surface area contributed by atoms with E-state index < -0.39 is 35.6 Å². The van der Waals surface area contributed by atoms with Gasteiger partial charge in [-0.25, -0.2) is 9.59 Å². The van der Waals surface area contributed by atoms with E-state index >= 15 is 0 Å². The van der Waals surface area contributed by atoms with Crippen LogP contribution in [-0.2, 0) is 48.3 Å². The second kappa shape index (κ2) is 10.9. The molecule has 2 aliphatic rings. The number of hydrogen-bond acceptors (Lipinski definition) is 7. The molecular weight excluding hydrogens is 486 g/mol. The van der Waals surface area contributed by atoms with E-state index in [4.69, 9.17) is 9.47 Å². The van der Waals surface area contributed by atoms with Crippen LogP contribution in [0.1, 0.15) is 16.7 Å². The van der Waals surface area contributed by atoms with Gasteiger partial charge in [-0.3, -0.25) is 19.8 Å². The molecule has 194 valence electrons. The summed E-state index contributed by atoms with van der Waals surface area (Å²) in [6, 6.07) is 25.7. The second-order valence-corrected chi connectivity index (χ2v) is 9.20. The minimum atomic E-state index is -2.15. The number of esters is 2. The van der Waals surface area contributed by atoms with Gasteiger partial charge in [0.15, 0.2) is 0 Å². The van der Waals surface area contributed by atoms with Gasteiger partial charge >= 0.3 is 11.9 Å². The van der Waals surface area contributed by atoms with Gasteiger partial charge in [0, 0.05) is 6.54 Å². The number of β-lactam (4-membered cyclic amide) rings is 1. The first-order valence-electron chi connectivity index (χ1n) is 12.3. The summed E-state index contributed by atoms with van der Waals surface area (Å²) in [6.45, 7) is -0.0685. The van der Waals surface area contributed by atoms with Crippen LogP contribution in [0.5, 0.6) is 0 Å². The summed E-state index contributed by atoms with van der Waals surface area (Å²) in [5.41, 5.74) is 0.112. The first-order chi connectivity index (χ1) is 18.5. The maximum absolute atomic E-state index is 13.4. The van der Waals surface area contributed by atoms with Crippen LogP contribution >= 0.6 is 0 Å². The van der Waals surface area contributed by atoms with Crippen molar-refractivity contribution in [1.29, 1.82) is 0 Å². The molecule has 0 spiro atoms. The molecule has 9 nitrogen and oxygen atoms in total. The Bertz CT molecular complexity index is 1260. The molecule has 2 amide bonds. The van der Waals surface area contributed by atoms with Gasteiger partial charge in [-0.15, -0.1) is 0 Å². The fourth-order valence-electron chi connectivity index (χ4n) is 4.75. The van der Waals surface area contributed by atoms with E-state index in [-0.39, 0.29) is 32.1 Å². The molecule has 5 rings (SSSR count). The van der Waals surface area contributed by atoms with Crippen molar-refractivity contribution in [3.63, 3.8) is 0 Å². The standard InChI is InChI=1S/C29H27N3O6/c33-24(16-20-10-4-1-5-11-20)31-25-23-17-30-29(32(23)26(25)34,27(35)37-18-21-12-6-2-7-13-21)28(36)38-19-22-14-8-3-9-15-22/h1-15,23,25,30H,16-19H2,(H,31,33). The Morgan fingerprint density at radius 2 is 1.26 bits per heavy atom. The monoisotopic (exact) mass is 513 g/mol. The molecule has 3 aromatic rings. The summed E-state index contributed by atoms with van der Waals surface area (Å²) < 4.78 is 11.0. The second-order valence-electron chi connectivity index (χ2n) is 9.20. The van der Waals surface area contributed by atoms with E-state index in [9.17, 15) is 19.2 Å². The van der Waals surface area contributed by atoms with E-state index in [1.54, 1.807) is 48.5 Å². The summed E-state index contributed by atoms with van der Waals surface area (Å²) in [5, 5.41) is 5.64. The van der Waals surface area contributed by atoms with Crippen LogP contribution in [0.25, 0.3) is 0 Å². The molecule has 2 atom stereocenters. The van der Waals surface area contributed by atoms with Crippen molar-refractivity contribution >= 4 is 23.8 Å². The minimum absolute atomic E-state index is 0.0843. The van der Waals surface area contributed by atoms with Gasteiger partial charge < -0.3 is 14.8 Å². The zero-order valence-electron chi connectivity index (χ0n) is 20.5. The number of nitrogens with zero attached hydrogens (tertiary/aromatic N) is 1. The van der Waals surface area contributed by atoms with E-state index in [2.05, 4.69) is 10.6 Å². The van der Waals surface area contributed by atoms with Crippen molar-refractivity contribution < 1.29 is 28.7 Å². The lowest BCUT2D eigenvalue weighted by atomic mass is 9.93. The van der Waals surface area contributed by atoms with Crippen molar-refractivity contribution in [2.75, 3.05) is 6.54 Å². The number of nitrogens with one attached hydrogen (secondary N) is 2. The van der Waals surface area contributed by atoms with Gasteiger partial charge in [-0.2, -0.15) is 0 Å². The molecule has 0 aromatic heterocycles. The molecule has 38 heavy (non-hydrogen) atoms. The molecule has 2 N–H and O–H groups in total. The number of rotatable bonds is 9. The van der Waals surface area contributed by atoms with E-state index in [0.29, 0.717) is 0 Å². The van der Waals surface area contributed by atoms with E-state index in [0.717, 1.165) is 21.6 Å². The zero-order valence-corrected chi connectivity index (χ0v) is 20.5. The van der Waals surface area contributed by atoms with Gasteiger partial charge in [-0.1, -0.05) is 91.0 Å². The van der Waals surface area contributed by atoms with Crippen LogP contribution in [0.4, 0.5) is 0 Å². The number of benzene rings is 3. The SMILES string of the molecule is O=C(Cc1ccccc1)NC1C(=O)N2C1CNC2(C(=O)OCc1ccccc1)C(=O)OCc1ccccc1. The lowest BCUT2D eigenvalue weighted by Crippen LogP contribution is -2.77. The molecule has 2 aliphatic heterocycles. The number of fused-ring (bicyclic) bond motifs is 1. The molecule has 2 unspecified atom stereocenters. The molecule has 0 bridgehead atoms. The summed E-state index contributed by atoms with van der Waals surface area (Å²) >= 11 is 0. The molecule has 3 aromatic carbocycles. The summed E-state index contributed by atoms with van der Waals surface area (Å²) in [7, 11) is 0. The van der Waals surface area contributed by atoms with Gasteiger partial charge in [0.1, 0.15) is 19.3 Å². The van der Waals surface area contributed by atoms with E-state index in [1.807, 2.05) is 42.5 Å². The largest absolute Gasteiger partial charge is 0.458 e. The highest BCUT2D eigenvalue weighted by Crippen LogP contribution is 2.36. The summed E-state index contributed by atoms with van der Waals surface area (Å²) in [4.78, 5) is 53.9. The molecule has 9 heteroatoms. The van der Waals surface area contributed by atoms with Gasteiger partial charge in [0.05, 0.1) is 12.5 Å². The topological polar surface area (TPSA) is 114 Å². The fourth-order valence-corrected chi connectivity index (χ4v) is 4.75. The Morgan fingerprint density at radius 3 is 1.76 bits per heavy atom. The Labute approximate surface area is 219 Å². The van der Waals surface area contributed by atoms with Gasteiger partial charge in [-0.05, 0) is 16.7 Å². The van der Waals surface area contributed by atoms with Crippen molar-refractivity contribution in [3.05, 3.63) is 108 Å². The maximum atomic E-state index is 13.4. The van der Waals surface area contributed by atoms with Crippen LogP contribution in [0.3, 0.4) is 0 Å². The first-order valence-corrected chi connectivity index (χ1v) is 12.3. The highest BCUT2D eigenvalue weighted by atomic mass is 16.6. The lowest BCUT2D eigenvalue weighted by molar-refractivity contribution is -0.188. The molecular formula is C29H27N3O6. The highest BCUT2D eigenvalue weighted by Gasteiger charge is 2.70. The maximum Gasteiger partial charge on any atom is 0.359 e. The average molecular weight is 514 g/mol. The third-order valence-corrected chi connectivity index (χ3v) is 6.69. The predicted molar refractivity (Wildman–Crippen MR) is 136 cm³/mol. The predicted octanol–water partition coefficient (Wildman–Crippen LogP) is 1.71. The normalized spacial score (nSPS) is 19.2. The Balaban J connectivity index is 1.32. The van der Waals surface area contributed by atoms with Crippen molar-refractivity contribution in [1.82, 2.24) is 15.5 Å². The minimum Gasteiger partial charge on any atom is -0.458 e. The molecule has 2 fully saturated rings. The first kappa shape index (κ1) is 25.2. The number of carbonyl (C=O) groups excluding carboxylic acids is 4. The van der Waals surface area contributed by atoms with Crippen molar-refractivity contribution in [2.24, 2.45) is 0 Å². The average Bonchev–Trinajstić information content (AvgIpc) is 3.32. The third kappa shape index (κ3) is 4.88. The molecule has 0 saturated carbocycles. The quantitative estimate of drug-likeness (QED) is 0.254. The Kier molecular flexibility index (Phi) is 7.19. The summed E-state index contributed by atoms with van der Waals surface area (Å²) in [5.74, 6) is -2.77. The number of hydrogen-bond donors (Lipinski definition) is 2. The highest BCUT2D eigenvalue weighted by molar-refractivity contribution is 6.11. The van der Waals surface area contributed by atoms with Crippen LogP contribution in [0, 0.1) is 0 Å². The molecule has 0 radical (unpaired) electrons. The third-order valence-electron chi connectivity index (χ3n) is 6.69. The molecule has 2 saturated heterocycles. The number of ether oxygens (including phenoxy) is 2. The van der Waals surface area contributed by atoms with Crippen LogP contribution in [0.2, 0.25) is 0 Å². The van der Waals surface area contributed by atoms with Crippen LogP contribution < -0.4 is 10.6 Å². The van der Waals surface area contributed by atoms with Crippen LogP contribution in [0.15, 0.2) is 91.0 Å². The number of amides is 2. The smallest absolute Gasteiger partial charge is 0.359 e. The number of carbonyl (C=O) groups is 4. The fraction of sp³-hybridized carbons (Fsp3) is 0.241. The molecule has 2 heterocycles.